The maximum absolute atomic E-state index is 14.4. The van der Waals surface area contributed by atoms with Crippen LogP contribution in [0.4, 0.5) is 11.6 Å². The van der Waals surface area contributed by atoms with Crippen molar-refractivity contribution in [2.24, 2.45) is 0 Å². The highest BCUT2D eigenvalue weighted by atomic mass is 35.5. The third-order valence-corrected chi connectivity index (χ3v) is 10.4. The van der Waals surface area contributed by atoms with E-state index < -0.39 is 33.4 Å². The summed E-state index contributed by atoms with van der Waals surface area (Å²) in [7, 11) is -4.33. The van der Waals surface area contributed by atoms with E-state index in [9.17, 15) is 18.0 Å². The number of aliphatic hydroxyl groups excluding tert-OH is 1. The first-order chi connectivity index (χ1) is 21.5. The molecule has 2 aliphatic rings. The molecule has 6 rings (SSSR count). The number of halogens is 2. The Kier molecular flexibility index (Phi) is 8.39. The lowest BCUT2D eigenvalue weighted by Gasteiger charge is -2.29. The third kappa shape index (κ3) is 5.59. The standard InChI is InChI=1S/C30H29Cl2N7O5S/c1-30(14-19-4-6-20(7-5-19)21-15-33-18-34-16-21)28(42)38(24-12-22(31)11-23(32)13-24)29-36-17-26(39(29)30)45(43,44)37-9-2-3-25(37)27(41)35-8-10-40/h4-7,11-13,15-18,25,40H,2-3,8-10,14H2,1H3,(H,35,41). The summed E-state index contributed by atoms with van der Waals surface area (Å²) in [5.41, 5.74) is 1.35. The van der Waals surface area contributed by atoms with Crippen LogP contribution >= 0.6 is 23.2 Å². The molecule has 2 N–H and O–H groups in total. The summed E-state index contributed by atoms with van der Waals surface area (Å²) in [5, 5.41) is 12.1. The SMILES string of the molecule is CC1(Cc2ccc(-c3cncnc3)cc2)C(=O)N(c2cc(Cl)cc(Cl)c2)c2ncc(S(=O)(=O)N3CCCC3C(=O)NCCO)n21. The van der Waals surface area contributed by atoms with Crippen molar-refractivity contribution < 1.29 is 23.1 Å². The Labute approximate surface area is 269 Å². The number of carbonyl (C=O) groups is 2. The van der Waals surface area contributed by atoms with E-state index in [1.165, 1.54) is 28.1 Å². The van der Waals surface area contributed by atoms with Crippen LogP contribution in [-0.2, 0) is 31.6 Å². The number of hydrogen-bond donors (Lipinski definition) is 2. The number of nitrogens with one attached hydrogen (secondary N) is 1. The number of anilines is 2. The molecule has 45 heavy (non-hydrogen) atoms. The van der Waals surface area contributed by atoms with Crippen molar-refractivity contribution in [3.8, 4) is 11.1 Å². The Morgan fingerprint density at radius 1 is 1.07 bits per heavy atom. The first-order valence-corrected chi connectivity index (χ1v) is 16.4. The second-order valence-corrected chi connectivity index (χ2v) is 13.8. The van der Waals surface area contributed by atoms with Gasteiger partial charge in [0.25, 0.3) is 15.9 Å². The lowest BCUT2D eigenvalue weighted by molar-refractivity contribution is -0.125. The van der Waals surface area contributed by atoms with Crippen LogP contribution in [0.25, 0.3) is 11.1 Å². The highest BCUT2D eigenvalue weighted by Crippen LogP contribution is 2.45. The topological polar surface area (TPSA) is 151 Å². The van der Waals surface area contributed by atoms with Crippen molar-refractivity contribution in [1.29, 1.82) is 0 Å². The van der Waals surface area contributed by atoms with E-state index in [1.54, 1.807) is 31.5 Å². The summed E-state index contributed by atoms with van der Waals surface area (Å²) in [4.78, 5) is 41.2. The predicted octanol–water partition coefficient (Wildman–Crippen LogP) is 3.54. The van der Waals surface area contributed by atoms with Gasteiger partial charge in [-0.25, -0.2) is 28.3 Å². The molecule has 12 nitrogen and oxygen atoms in total. The zero-order valence-corrected chi connectivity index (χ0v) is 26.4. The van der Waals surface area contributed by atoms with Gasteiger partial charge in [-0.3, -0.25) is 14.2 Å². The minimum Gasteiger partial charge on any atom is -0.395 e. The molecule has 2 amide bonds. The van der Waals surface area contributed by atoms with Crippen LogP contribution in [-0.4, -0.2) is 74.9 Å². The zero-order valence-electron chi connectivity index (χ0n) is 24.1. The smallest absolute Gasteiger partial charge is 0.261 e. The molecule has 4 aromatic rings. The Hall–Kier alpha value is -3.88. The number of aliphatic hydroxyl groups is 1. The number of sulfonamides is 1. The highest BCUT2D eigenvalue weighted by Gasteiger charge is 2.53. The molecule has 0 spiro atoms. The molecular weight excluding hydrogens is 641 g/mol. The largest absolute Gasteiger partial charge is 0.395 e. The molecule has 234 valence electrons. The molecule has 15 heteroatoms. The van der Waals surface area contributed by atoms with E-state index in [2.05, 4.69) is 20.3 Å². The number of benzene rings is 2. The number of nitrogens with zero attached hydrogens (tertiary/aromatic N) is 6. The fourth-order valence-electron chi connectivity index (χ4n) is 5.98. The Bertz CT molecular complexity index is 1850. The molecule has 1 fully saturated rings. The van der Waals surface area contributed by atoms with Crippen LogP contribution in [0.1, 0.15) is 25.3 Å². The number of hydrogen-bond acceptors (Lipinski definition) is 8. The molecule has 0 bridgehead atoms. The van der Waals surface area contributed by atoms with Crippen LogP contribution in [0.15, 0.2) is 72.4 Å². The van der Waals surface area contributed by atoms with Gasteiger partial charge in [0.1, 0.15) is 17.9 Å². The second-order valence-electron chi connectivity index (χ2n) is 11.1. The molecular formula is C30H29Cl2N7O5S. The number of rotatable bonds is 9. The molecule has 0 saturated carbocycles. The highest BCUT2D eigenvalue weighted by molar-refractivity contribution is 7.89. The van der Waals surface area contributed by atoms with Gasteiger partial charge in [0.15, 0.2) is 5.03 Å². The van der Waals surface area contributed by atoms with Crippen molar-refractivity contribution in [3.05, 3.63) is 83.0 Å². The van der Waals surface area contributed by atoms with Gasteiger partial charge >= 0.3 is 0 Å². The van der Waals surface area contributed by atoms with Crippen molar-refractivity contribution in [2.75, 3.05) is 24.6 Å². The van der Waals surface area contributed by atoms with Crippen LogP contribution in [0.2, 0.25) is 10.0 Å². The fraction of sp³-hybridized carbons (Fsp3) is 0.300. The van der Waals surface area contributed by atoms with Gasteiger partial charge in [-0.1, -0.05) is 47.5 Å². The van der Waals surface area contributed by atoms with Crippen molar-refractivity contribution in [3.63, 3.8) is 0 Å². The molecule has 1 saturated heterocycles. The second kappa shape index (κ2) is 12.1. The number of aromatic nitrogens is 4. The van der Waals surface area contributed by atoms with Crippen LogP contribution < -0.4 is 10.2 Å². The quantitative estimate of drug-likeness (QED) is 0.275. The maximum Gasteiger partial charge on any atom is 0.261 e. The molecule has 4 heterocycles. The van der Waals surface area contributed by atoms with Gasteiger partial charge in [0.2, 0.25) is 11.9 Å². The Morgan fingerprint density at radius 2 is 1.76 bits per heavy atom. The van der Waals surface area contributed by atoms with E-state index in [0.717, 1.165) is 21.0 Å². The van der Waals surface area contributed by atoms with Crippen molar-refractivity contribution in [2.45, 2.75) is 42.8 Å². The monoisotopic (exact) mass is 669 g/mol. The number of imidazole rings is 1. The molecule has 0 radical (unpaired) electrons. The predicted molar refractivity (Wildman–Crippen MR) is 168 cm³/mol. The summed E-state index contributed by atoms with van der Waals surface area (Å²) < 4.78 is 31.2. The molecule has 2 aliphatic heterocycles. The van der Waals surface area contributed by atoms with Crippen molar-refractivity contribution >= 4 is 56.7 Å². The summed E-state index contributed by atoms with van der Waals surface area (Å²) in [6, 6.07) is 11.2. The number of amides is 2. The summed E-state index contributed by atoms with van der Waals surface area (Å²) in [6.45, 7) is 1.51. The first kappa shape index (κ1) is 31.1. The molecule has 2 atom stereocenters. The van der Waals surface area contributed by atoms with E-state index in [-0.39, 0.29) is 37.1 Å². The Morgan fingerprint density at radius 3 is 2.42 bits per heavy atom. The lowest BCUT2D eigenvalue weighted by Crippen LogP contribution is -2.48. The van der Waals surface area contributed by atoms with E-state index in [1.807, 2.05) is 24.3 Å². The number of fused-ring (bicyclic) bond motifs is 1. The summed E-state index contributed by atoms with van der Waals surface area (Å²) >= 11 is 12.6. The van der Waals surface area contributed by atoms with E-state index in [0.29, 0.717) is 28.6 Å². The first-order valence-electron chi connectivity index (χ1n) is 14.2. The molecule has 2 aromatic carbocycles. The molecule has 2 unspecified atom stereocenters. The average Bonchev–Trinajstić information content (AvgIpc) is 3.74. The molecule has 2 aromatic heterocycles. The Balaban J connectivity index is 1.44. The minimum absolute atomic E-state index is 0.00508. The van der Waals surface area contributed by atoms with Gasteiger partial charge in [-0.05, 0) is 49.1 Å². The summed E-state index contributed by atoms with van der Waals surface area (Å²) in [5.74, 6) is -0.846. The fourth-order valence-corrected chi connectivity index (χ4v) is 8.34. The average molecular weight is 671 g/mol. The van der Waals surface area contributed by atoms with Gasteiger partial charge in [-0.15, -0.1) is 0 Å². The van der Waals surface area contributed by atoms with Crippen LogP contribution in [0.3, 0.4) is 0 Å². The van der Waals surface area contributed by atoms with Crippen molar-refractivity contribution in [1.82, 2.24) is 29.1 Å². The van der Waals surface area contributed by atoms with E-state index >= 15 is 0 Å². The van der Waals surface area contributed by atoms with Gasteiger partial charge < -0.3 is 10.4 Å². The van der Waals surface area contributed by atoms with Gasteiger partial charge in [0.05, 0.1) is 18.5 Å². The molecule has 0 aliphatic carbocycles. The van der Waals surface area contributed by atoms with Crippen LogP contribution in [0, 0.1) is 0 Å². The summed E-state index contributed by atoms with van der Waals surface area (Å²) in [6.07, 6.45) is 6.97. The van der Waals surface area contributed by atoms with E-state index in [4.69, 9.17) is 28.3 Å². The van der Waals surface area contributed by atoms with Gasteiger partial charge in [0, 0.05) is 47.5 Å². The number of carbonyl (C=O) groups excluding carboxylic acids is 2. The van der Waals surface area contributed by atoms with Crippen LogP contribution in [0.5, 0.6) is 0 Å². The van der Waals surface area contributed by atoms with Gasteiger partial charge in [-0.2, -0.15) is 4.31 Å². The lowest BCUT2D eigenvalue weighted by atomic mass is 9.91. The normalized spacial score (nSPS) is 20.0. The minimum atomic E-state index is -4.33. The third-order valence-electron chi connectivity index (χ3n) is 8.06. The zero-order chi connectivity index (χ0) is 31.9. The maximum atomic E-state index is 14.4.